The van der Waals surface area contributed by atoms with E-state index in [-0.39, 0.29) is 6.10 Å². The third kappa shape index (κ3) is 5.07. The molecule has 1 aromatic carbocycles. The average molecular weight is 256 g/mol. The van der Waals surface area contributed by atoms with Crippen LogP contribution in [-0.2, 0) is 4.74 Å². The number of rotatable bonds is 8. The number of hydrogen-bond acceptors (Lipinski definition) is 2. The molecule has 0 saturated carbocycles. The summed E-state index contributed by atoms with van der Waals surface area (Å²) in [6.45, 7) is 6.87. The number of benzene rings is 1. The van der Waals surface area contributed by atoms with Crippen molar-refractivity contribution in [1.82, 2.24) is 5.32 Å². The Morgan fingerprint density at radius 2 is 2.00 bits per heavy atom. The summed E-state index contributed by atoms with van der Waals surface area (Å²) < 4.78 is 5.86. The van der Waals surface area contributed by atoms with Crippen LogP contribution < -0.4 is 5.32 Å². The van der Waals surface area contributed by atoms with Gasteiger partial charge < -0.3 is 10.1 Å². The predicted octanol–water partition coefficient (Wildman–Crippen LogP) is 3.81. The minimum Gasteiger partial charge on any atom is -0.372 e. The van der Waals surface area contributed by atoms with Gasteiger partial charge in [0.1, 0.15) is 0 Å². The van der Waals surface area contributed by atoms with Gasteiger partial charge in [0.15, 0.2) is 0 Å². The molecule has 96 valence electrons. The fraction of sp³-hybridized carbons (Fsp3) is 0.571. The average Bonchev–Trinajstić information content (AvgIpc) is 2.35. The second-order valence-electron chi connectivity index (χ2n) is 4.09. The van der Waals surface area contributed by atoms with Gasteiger partial charge in [-0.25, -0.2) is 0 Å². The van der Waals surface area contributed by atoms with Crippen molar-refractivity contribution in [2.75, 3.05) is 19.7 Å². The largest absolute Gasteiger partial charge is 0.372 e. The first kappa shape index (κ1) is 14.5. The lowest BCUT2D eigenvalue weighted by Gasteiger charge is -2.19. The second kappa shape index (κ2) is 8.51. The van der Waals surface area contributed by atoms with Crippen LogP contribution in [0.3, 0.4) is 0 Å². The van der Waals surface area contributed by atoms with Crippen molar-refractivity contribution in [3.8, 4) is 0 Å². The van der Waals surface area contributed by atoms with Crippen molar-refractivity contribution in [2.24, 2.45) is 0 Å². The molecule has 1 aromatic rings. The zero-order valence-corrected chi connectivity index (χ0v) is 11.5. The normalized spacial score (nSPS) is 12.6. The Labute approximate surface area is 109 Å². The van der Waals surface area contributed by atoms with E-state index in [1.54, 1.807) is 0 Å². The van der Waals surface area contributed by atoms with E-state index in [0.29, 0.717) is 0 Å². The standard InChI is InChI=1S/C14H22ClNO/c1-3-9-16-11-14(17-10-4-2)12-7-5-6-8-13(12)15/h5-8,14,16H,3-4,9-11H2,1-2H3. The fourth-order valence-electron chi connectivity index (χ4n) is 1.66. The molecule has 1 atom stereocenters. The van der Waals surface area contributed by atoms with E-state index in [1.165, 1.54) is 0 Å². The van der Waals surface area contributed by atoms with Gasteiger partial charge in [-0.05, 0) is 25.5 Å². The number of halogens is 1. The molecule has 0 amide bonds. The van der Waals surface area contributed by atoms with E-state index < -0.39 is 0 Å². The Hall–Kier alpha value is -0.570. The molecule has 0 aliphatic rings. The Bertz CT molecular complexity index is 317. The summed E-state index contributed by atoms with van der Waals surface area (Å²) in [4.78, 5) is 0. The van der Waals surface area contributed by atoms with Gasteiger partial charge in [-0.3, -0.25) is 0 Å². The lowest BCUT2D eigenvalue weighted by molar-refractivity contribution is 0.0532. The lowest BCUT2D eigenvalue weighted by Crippen LogP contribution is -2.24. The Kier molecular flexibility index (Phi) is 7.25. The monoisotopic (exact) mass is 255 g/mol. The van der Waals surface area contributed by atoms with Crippen molar-refractivity contribution in [3.63, 3.8) is 0 Å². The van der Waals surface area contributed by atoms with E-state index in [4.69, 9.17) is 16.3 Å². The van der Waals surface area contributed by atoms with Crippen LogP contribution in [0.15, 0.2) is 24.3 Å². The Morgan fingerprint density at radius 3 is 2.65 bits per heavy atom. The van der Waals surface area contributed by atoms with Crippen LogP contribution >= 0.6 is 11.6 Å². The Morgan fingerprint density at radius 1 is 1.24 bits per heavy atom. The molecule has 0 fully saturated rings. The molecule has 0 saturated heterocycles. The molecular formula is C14H22ClNO. The van der Waals surface area contributed by atoms with E-state index in [0.717, 1.165) is 43.1 Å². The van der Waals surface area contributed by atoms with Crippen LogP contribution in [0.1, 0.15) is 38.4 Å². The molecule has 17 heavy (non-hydrogen) atoms. The summed E-state index contributed by atoms with van der Waals surface area (Å²) in [6.07, 6.45) is 2.20. The first-order valence-electron chi connectivity index (χ1n) is 6.36. The van der Waals surface area contributed by atoms with Crippen LogP contribution in [0.25, 0.3) is 0 Å². The van der Waals surface area contributed by atoms with Gasteiger partial charge in [-0.1, -0.05) is 43.6 Å². The van der Waals surface area contributed by atoms with Crippen molar-refractivity contribution >= 4 is 11.6 Å². The first-order chi connectivity index (χ1) is 8.29. The molecule has 0 radical (unpaired) electrons. The third-order valence-electron chi connectivity index (χ3n) is 2.53. The highest BCUT2D eigenvalue weighted by Gasteiger charge is 2.14. The molecule has 0 heterocycles. The number of ether oxygens (including phenoxy) is 1. The summed E-state index contributed by atoms with van der Waals surface area (Å²) in [7, 11) is 0. The first-order valence-corrected chi connectivity index (χ1v) is 6.74. The van der Waals surface area contributed by atoms with Gasteiger partial charge in [0.2, 0.25) is 0 Å². The van der Waals surface area contributed by atoms with Crippen molar-refractivity contribution < 1.29 is 4.74 Å². The molecule has 1 rings (SSSR count). The maximum Gasteiger partial charge on any atom is 0.0963 e. The van der Waals surface area contributed by atoms with Crippen molar-refractivity contribution in [2.45, 2.75) is 32.8 Å². The maximum absolute atomic E-state index is 6.20. The molecule has 2 nitrogen and oxygen atoms in total. The Balaban J connectivity index is 2.64. The smallest absolute Gasteiger partial charge is 0.0963 e. The predicted molar refractivity (Wildman–Crippen MR) is 73.6 cm³/mol. The molecule has 0 bridgehead atoms. The zero-order chi connectivity index (χ0) is 12.5. The van der Waals surface area contributed by atoms with Crippen LogP contribution in [0.4, 0.5) is 0 Å². The van der Waals surface area contributed by atoms with E-state index in [9.17, 15) is 0 Å². The minimum absolute atomic E-state index is 0.0511. The van der Waals surface area contributed by atoms with Gasteiger partial charge in [0.25, 0.3) is 0 Å². The van der Waals surface area contributed by atoms with Crippen LogP contribution in [0.5, 0.6) is 0 Å². The number of nitrogens with one attached hydrogen (secondary N) is 1. The van der Waals surface area contributed by atoms with Crippen molar-refractivity contribution in [3.05, 3.63) is 34.9 Å². The summed E-state index contributed by atoms with van der Waals surface area (Å²) >= 11 is 6.20. The van der Waals surface area contributed by atoms with Crippen molar-refractivity contribution in [1.29, 1.82) is 0 Å². The van der Waals surface area contributed by atoms with Gasteiger partial charge in [-0.2, -0.15) is 0 Å². The quantitative estimate of drug-likeness (QED) is 0.714. The van der Waals surface area contributed by atoms with E-state index >= 15 is 0 Å². The fourth-order valence-corrected chi connectivity index (χ4v) is 1.92. The molecule has 3 heteroatoms. The number of hydrogen-bond donors (Lipinski definition) is 1. The van der Waals surface area contributed by atoms with E-state index in [2.05, 4.69) is 19.2 Å². The zero-order valence-electron chi connectivity index (χ0n) is 10.7. The highest BCUT2D eigenvalue weighted by atomic mass is 35.5. The maximum atomic E-state index is 6.20. The van der Waals surface area contributed by atoms with Gasteiger partial charge in [0.05, 0.1) is 6.10 Å². The SMILES string of the molecule is CCCNCC(OCCC)c1ccccc1Cl. The highest BCUT2D eigenvalue weighted by Crippen LogP contribution is 2.25. The molecule has 1 unspecified atom stereocenters. The van der Waals surface area contributed by atoms with Gasteiger partial charge in [-0.15, -0.1) is 0 Å². The van der Waals surface area contributed by atoms with Gasteiger partial charge in [0, 0.05) is 23.7 Å². The van der Waals surface area contributed by atoms with E-state index in [1.807, 2.05) is 24.3 Å². The highest BCUT2D eigenvalue weighted by molar-refractivity contribution is 6.31. The summed E-state index contributed by atoms with van der Waals surface area (Å²) in [5.41, 5.74) is 1.08. The minimum atomic E-state index is 0.0511. The van der Waals surface area contributed by atoms with Gasteiger partial charge >= 0.3 is 0 Å². The molecule has 0 aromatic heterocycles. The second-order valence-corrected chi connectivity index (χ2v) is 4.49. The molecule has 0 aliphatic carbocycles. The van der Waals surface area contributed by atoms with Crippen LogP contribution in [0, 0.1) is 0 Å². The summed E-state index contributed by atoms with van der Waals surface area (Å²) in [5.74, 6) is 0. The summed E-state index contributed by atoms with van der Waals surface area (Å²) in [6, 6.07) is 7.90. The topological polar surface area (TPSA) is 21.3 Å². The molecule has 1 N–H and O–H groups in total. The molecular weight excluding hydrogens is 234 g/mol. The molecule has 0 spiro atoms. The molecule has 0 aliphatic heterocycles. The van der Waals surface area contributed by atoms with Crippen LogP contribution in [0.2, 0.25) is 5.02 Å². The summed E-state index contributed by atoms with van der Waals surface area (Å²) in [5, 5.41) is 4.17. The van der Waals surface area contributed by atoms with Crippen LogP contribution in [-0.4, -0.2) is 19.7 Å². The lowest BCUT2D eigenvalue weighted by atomic mass is 10.1. The third-order valence-corrected chi connectivity index (χ3v) is 2.88.